The molecule has 0 amide bonds. The molecule has 0 radical (unpaired) electrons. The number of halogens is 1. The maximum absolute atomic E-state index is 13.1. The van der Waals surface area contributed by atoms with Crippen LogP contribution in [0.25, 0.3) is 0 Å². The second kappa shape index (κ2) is 11.6. The molecular weight excluding hydrogens is 449 g/mol. The summed E-state index contributed by atoms with van der Waals surface area (Å²) in [5, 5.41) is 15.2. The fourth-order valence-electron chi connectivity index (χ4n) is 4.21. The van der Waals surface area contributed by atoms with Crippen LogP contribution in [0.5, 0.6) is 17.2 Å². The van der Waals surface area contributed by atoms with Crippen molar-refractivity contribution in [3.8, 4) is 17.2 Å². The summed E-state index contributed by atoms with van der Waals surface area (Å²) in [6, 6.07) is 11.9. The van der Waals surface area contributed by atoms with Crippen molar-refractivity contribution in [1.82, 2.24) is 14.7 Å². The zero-order valence-corrected chi connectivity index (χ0v) is 20.5. The second-order valence-corrected chi connectivity index (χ2v) is 9.21. The molecule has 7 nitrogen and oxygen atoms in total. The zero-order valence-electron chi connectivity index (χ0n) is 20.5. The molecule has 8 heteroatoms. The molecule has 2 aromatic carbocycles. The van der Waals surface area contributed by atoms with Crippen LogP contribution in [-0.2, 0) is 13.1 Å². The van der Waals surface area contributed by atoms with Crippen molar-refractivity contribution in [2.45, 2.75) is 44.9 Å². The highest BCUT2D eigenvalue weighted by atomic mass is 19.1. The maximum atomic E-state index is 13.1. The molecule has 1 saturated heterocycles. The Labute approximate surface area is 206 Å². The number of ether oxygens (including phenoxy) is 3. The Morgan fingerprint density at radius 2 is 1.83 bits per heavy atom. The molecule has 1 aliphatic rings. The maximum Gasteiger partial charge on any atom is 0.161 e. The SMILES string of the molecule is COc1ccc(CN2CCC(O)(COc3ccc(F)cc3)CC2)cc1OCCCn1cc(C)cn1. The van der Waals surface area contributed by atoms with Crippen molar-refractivity contribution < 1.29 is 23.7 Å². The van der Waals surface area contributed by atoms with Crippen molar-refractivity contribution in [3.05, 3.63) is 71.8 Å². The van der Waals surface area contributed by atoms with Crippen LogP contribution in [0.2, 0.25) is 0 Å². The van der Waals surface area contributed by atoms with Gasteiger partial charge in [0.2, 0.25) is 0 Å². The summed E-state index contributed by atoms with van der Waals surface area (Å²) in [7, 11) is 1.65. The van der Waals surface area contributed by atoms with Gasteiger partial charge in [-0.3, -0.25) is 9.58 Å². The largest absolute Gasteiger partial charge is 0.493 e. The Hall–Kier alpha value is -3.10. The van der Waals surface area contributed by atoms with Gasteiger partial charge in [0.25, 0.3) is 0 Å². The Balaban J connectivity index is 1.25. The Kier molecular flexibility index (Phi) is 8.25. The summed E-state index contributed by atoms with van der Waals surface area (Å²) in [6.07, 6.45) is 5.95. The molecule has 1 aliphatic heterocycles. The Morgan fingerprint density at radius 1 is 1.06 bits per heavy atom. The number of rotatable bonds is 11. The van der Waals surface area contributed by atoms with Gasteiger partial charge in [0, 0.05) is 38.8 Å². The van der Waals surface area contributed by atoms with Gasteiger partial charge in [-0.25, -0.2) is 4.39 Å². The quantitative estimate of drug-likeness (QED) is 0.412. The molecule has 2 heterocycles. The van der Waals surface area contributed by atoms with Crippen LogP contribution < -0.4 is 14.2 Å². The van der Waals surface area contributed by atoms with Crippen molar-refractivity contribution in [3.63, 3.8) is 0 Å². The van der Waals surface area contributed by atoms with Crippen molar-refractivity contribution >= 4 is 0 Å². The van der Waals surface area contributed by atoms with E-state index in [2.05, 4.69) is 16.1 Å². The molecule has 0 atom stereocenters. The smallest absolute Gasteiger partial charge is 0.161 e. The predicted octanol–water partition coefficient (Wildman–Crippen LogP) is 4.21. The van der Waals surface area contributed by atoms with Crippen LogP contribution in [0, 0.1) is 12.7 Å². The molecule has 4 rings (SSSR count). The van der Waals surface area contributed by atoms with Gasteiger partial charge in [0.05, 0.1) is 19.9 Å². The van der Waals surface area contributed by atoms with E-state index < -0.39 is 5.60 Å². The lowest BCUT2D eigenvalue weighted by Gasteiger charge is -2.38. The fraction of sp³-hybridized carbons (Fsp3) is 0.444. The molecular formula is C27H34FN3O4. The number of hydrogen-bond donors (Lipinski definition) is 1. The van der Waals surface area contributed by atoms with Crippen LogP contribution in [-0.4, -0.2) is 58.8 Å². The molecule has 0 saturated carbocycles. The van der Waals surface area contributed by atoms with Crippen LogP contribution in [0.15, 0.2) is 54.9 Å². The van der Waals surface area contributed by atoms with Gasteiger partial charge in [0.15, 0.2) is 11.5 Å². The number of aryl methyl sites for hydroxylation is 2. The minimum atomic E-state index is -0.883. The van der Waals surface area contributed by atoms with Gasteiger partial charge in [0.1, 0.15) is 23.8 Å². The van der Waals surface area contributed by atoms with Gasteiger partial charge in [-0.2, -0.15) is 5.10 Å². The molecule has 3 aromatic rings. The number of likely N-dealkylation sites (tertiary alicyclic amines) is 1. The van der Waals surface area contributed by atoms with Gasteiger partial charge >= 0.3 is 0 Å². The number of hydrogen-bond acceptors (Lipinski definition) is 6. The predicted molar refractivity (Wildman–Crippen MR) is 131 cm³/mol. The van der Waals surface area contributed by atoms with Gasteiger partial charge in [-0.1, -0.05) is 6.07 Å². The van der Waals surface area contributed by atoms with Gasteiger partial charge < -0.3 is 19.3 Å². The summed E-state index contributed by atoms with van der Waals surface area (Å²) in [4.78, 5) is 2.32. The standard InChI is InChI=1S/C27H34FN3O4/c1-21-17-29-31(18-21)12-3-15-34-26-16-22(4-9-25(26)33-2)19-30-13-10-27(32,11-14-30)20-35-24-7-5-23(28)6-8-24/h4-9,16-18,32H,3,10-15,19-20H2,1-2H3. The summed E-state index contributed by atoms with van der Waals surface area (Å²) >= 11 is 0. The molecule has 0 spiro atoms. The first-order chi connectivity index (χ1) is 16.9. The van der Waals surface area contributed by atoms with Crippen LogP contribution in [0.4, 0.5) is 4.39 Å². The molecule has 0 unspecified atom stereocenters. The van der Waals surface area contributed by atoms with E-state index in [1.54, 1.807) is 19.2 Å². The monoisotopic (exact) mass is 483 g/mol. The Morgan fingerprint density at radius 3 is 2.51 bits per heavy atom. The average Bonchev–Trinajstić information content (AvgIpc) is 3.28. The number of aliphatic hydroxyl groups is 1. The topological polar surface area (TPSA) is 69.0 Å². The molecule has 0 aliphatic carbocycles. The van der Waals surface area contributed by atoms with Crippen LogP contribution >= 0.6 is 0 Å². The van der Waals surface area contributed by atoms with Crippen molar-refractivity contribution in [2.24, 2.45) is 0 Å². The highest BCUT2D eigenvalue weighted by Gasteiger charge is 2.33. The first-order valence-electron chi connectivity index (χ1n) is 12.0. The summed E-state index contributed by atoms with van der Waals surface area (Å²) < 4.78 is 32.2. The first-order valence-corrected chi connectivity index (χ1v) is 12.0. The molecule has 1 N–H and O–H groups in total. The number of methoxy groups -OCH3 is 1. The molecule has 0 bridgehead atoms. The Bertz CT molecular complexity index is 1080. The van der Waals surface area contributed by atoms with Crippen LogP contribution in [0.3, 0.4) is 0 Å². The highest BCUT2D eigenvalue weighted by molar-refractivity contribution is 5.43. The summed E-state index contributed by atoms with van der Waals surface area (Å²) in [6.45, 7) is 5.89. The zero-order chi connectivity index (χ0) is 24.7. The van der Waals surface area contributed by atoms with Gasteiger partial charge in [-0.15, -0.1) is 0 Å². The van der Waals surface area contributed by atoms with E-state index >= 15 is 0 Å². The number of piperidine rings is 1. The lowest BCUT2D eigenvalue weighted by Crippen LogP contribution is -2.47. The normalized spacial score (nSPS) is 15.7. The third kappa shape index (κ3) is 7.19. The van der Waals surface area contributed by atoms with E-state index in [0.717, 1.165) is 55.2 Å². The first kappa shape index (κ1) is 25.0. The average molecular weight is 484 g/mol. The summed E-state index contributed by atoms with van der Waals surface area (Å²) in [5.74, 6) is 1.71. The number of aromatic nitrogens is 2. The van der Waals surface area contributed by atoms with E-state index in [4.69, 9.17) is 14.2 Å². The van der Waals surface area contributed by atoms with E-state index in [9.17, 15) is 9.50 Å². The minimum absolute atomic E-state index is 0.199. The van der Waals surface area contributed by atoms with E-state index in [1.165, 1.54) is 12.1 Å². The molecule has 1 aromatic heterocycles. The molecule has 188 valence electrons. The van der Waals surface area contributed by atoms with E-state index in [1.807, 2.05) is 36.1 Å². The number of benzene rings is 2. The molecule has 35 heavy (non-hydrogen) atoms. The van der Waals surface area contributed by atoms with E-state index in [-0.39, 0.29) is 12.4 Å². The third-order valence-electron chi connectivity index (χ3n) is 6.29. The van der Waals surface area contributed by atoms with Gasteiger partial charge in [-0.05, 0) is 67.3 Å². The van der Waals surface area contributed by atoms with Crippen molar-refractivity contribution in [2.75, 3.05) is 33.4 Å². The second-order valence-electron chi connectivity index (χ2n) is 9.21. The summed E-state index contributed by atoms with van der Waals surface area (Å²) in [5.41, 5.74) is 1.40. The van der Waals surface area contributed by atoms with Crippen molar-refractivity contribution in [1.29, 1.82) is 0 Å². The fourth-order valence-corrected chi connectivity index (χ4v) is 4.21. The lowest BCUT2D eigenvalue weighted by molar-refractivity contribution is -0.0537. The van der Waals surface area contributed by atoms with Crippen LogP contribution in [0.1, 0.15) is 30.4 Å². The third-order valence-corrected chi connectivity index (χ3v) is 6.29. The minimum Gasteiger partial charge on any atom is -0.493 e. The highest BCUT2D eigenvalue weighted by Crippen LogP contribution is 2.30. The lowest BCUT2D eigenvalue weighted by atomic mass is 9.92. The van der Waals surface area contributed by atoms with E-state index in [0.29, 0.717) is 25.2 Å². The number of nitrogens with zero attached hydrogens (tertiary/aromatic N) is 3. The molecule has 1 fully saturated rings.